The van der Waals surface area contributed by atoms with Crippen molar-refractivity contribution in [2.24, 2.45) is 0 Å². The van der Waals surface area contributed by atoms with E-state index < -0.39 is 10.8 Å². The molecule has 0 amide bonds. The van der Waals surface area contributed by atoms with E-state index in [1.807, 2.05) is 30.3 Å². The second-order valence-electron chi connectivity index (χ2n) is 3.58. The third kappa shape index (κ3) is 2.16. The highest BCUT2D eigenvalue weighted by Crippen LogP contribution is 2.37. The molecule has 0 spiro atoms. The summed E-state index contributed by atoms with van der Waals surface area (Å²) in [6.45, 7) is 0.784. The van der Waals surface area contributed by atoms with E-state index in [1.54, 1.807) is 0 Å². The molecule has 3 nitrogen and oxygen atoms in total. The molecule has 15 heavy (non-hydrogen) atoms. The standard InChI is InChI=1S/C11H13NO2S/c13-10(14)11(7-4-8-12-11)15-9-5-2-1-3-6-9/h1-3,5-6,12H,4,7-8H2,(H,13,14)/t11-/m0/s1. The molecular weight excluding hydrogens is 210 g/mol. The summed E-state index contributed by atoms with van der Waals surface area (Å²) in [7, 11) is 0. The largest absolute Gasteiger partial charge is 0.479 e. The van der Waals surface area contributed by atoms with Crippen LogP contribution in [0.2, 0.25) is 0 Å². The lowest BCUT2D eigenvalue weighted by Gasteiger charge is -2.23. The molecule has 2 N–H and O–H groups in total. The Morgan fingerprint density at radius 3 is 2.67 bits per heavy atom. The maximum atomic E-state index is 11.2. The van der Waals surface area contributed by atoms with E-state index in [0.717, 1.165) is 17.9 Å². The monoisotopic (exact) mass is 223 g/mol. The zero-order valence-electron chi connectivity index (χ0n) is 8.27. The molecule has 2 rings (SSSR count). The van der Waals surface area contributed by atoms with Crippen molar-refractivity contribution in [3.63, 3.8) is 0 Å². The molecule has 80 valence electrons. The van der Waals surface area contributed by atoms with Crippen LogP contribution in [0.3, 0.4) is 0 Å². The van der Waals surface area contributed by atoms with Crippen molar-refractivity contribution in [3.05, 3.63) is 30.3 Å². The van der Waals surface area contributed by atoms with Gasteiger partial charge in [0, 0.05) is 4.90 Å². The lowest BCUT2D eigenvalue weighted by Crippen LogP contribution is -2.44. The van der Waals surface area contributed by atoms with E-state index >= 15 is 0 Å². The summed E-state index contributed by atoms with van der Waals surface area (Å²) >= 11 is 1.40. The van der Waals surface area contributed by atoms with Crippen LogP contribution < -0.4 is 5.32 Å². The van der Waals surface area contributed by atoms with Crippen LogP contribution >= 0.6 is 11.8 Å². The number of carboxylic acid groups (broad SMARTS) is 1. The number of hydrogen-bond acceptors (Lipinski definition) is 3. The second kappa shape index (κ2) is 4.24. The number of benzene rings is 1. The molecule has 0 unspecified atom stereocenters. The maximum absolute atomic E-state index is 11.2. The summed E-state index contributed by atoms with van der Waals surface area (Å²) in [5.41, 5.74) is 0. The summed E-state index contributed by atoms with van der Waals surface area (Å²) in [5, 5.41) is 12.3. The summed E-state index contributed by atoms with van der Waals surface area (Å²) in [6, 6.07) is 9.66. The maximum Gasteiger partial charge on any atom is 0.334 e. The Labute approximate surface area is 92.9 Å². The van der Waals surface area contributed by atoms with Crippen LogP contribution in [0.15, 0.2) is 35.2 Å². The van der Waals surface area contributed by atoms with Crippen molar-refractivity contribution in [2.75, 3.05) is 6.54 Å². The van der Waals surface area contributed by atoms with Gasteiger partial charge in [0.1, 0.15) is 0 Å². The molecule has 0 aliphatic carbocycles. The first-order valence-corrected chi connectivity index (χ1v) is 5.77. The number of rotatable bonds is 3. The summed E-state index contributed by atoms with van der Waals surface area (Å²) < 4.78 is 0. The molecule has 1 saturated heterocycles. The SMILES string of the molecule is O=C(O)[C@@]1(Sc2ccccc2)CCCN1. The molecule has 0 radical (unpaired) electrons. The average molecular weight is 223 g/mol. The first-order chi connectivity index (χ1) is 7.23. The van der Waals surface area contributed by atoms with Crippen LogP contribution in [0.5, 0.6) is 0 Å². The normalized spacial score (nSPS) is 25.3. The zero-order chi connectivity index (χ0) is 10.7. The number of hydrogen-bond donors (Lipinski definition) is 2. The Morgan fingerprint density at radius 2 is 2.13 bits per heavy atom. The summed E-state index contributed by atoms with van der Waals surface area (Å²) in [5.74, 6) is -0.770. The van der Waals surface area contributed by atoms with E-state index in [0.29, 0.717) is 6.42 Å². The van der Waals surface area contributed by atoms with Gasteiger partial charge < -0.3 is 5.11 Å². The topological polar surface area (TPSA) is 49.3 Å². The van der Waals surface area contributed by atoms with Gasteiger partial charge in [0.05, 0.1) is 0 Å². The number of carboxylic acids is 1. The fourth-order valence-electron chi connectivity index (χ4n) is 1.72. The molecular formula is C11H13NO2S. The molecule has 0 saturated carbocycles. The van der Waals surface area contributed by atoms with Gasteiger partial charge in [-0.05, 0) is 31.5 Å². The molecule has 0 aromatic heterocycles. The summed E-state index contributed by atoms with van der Waals surface area (Å²) in [4.78, 5) is 11.4. The van der Waals surface area contributed by atoms with Crippen molar-refractivity contribution in [1.29, 1.82) is 0 Å². The predicted octanol–water partition coefficient (Wildman–Crippen LogP) is 1.94. The molecule has 0 bridgehead atoms. The highest BCUT2D eigenvalue weighted by atomic mass is 32.2. The number of thioether (sulfide) groups is 1. The Hall–Kier alpha value is -1.00. The van der Waals surface area contributed by atoms with Gasteiger partial charge in [-0.2, -0.15) is 0 Å². The number of nitrogens with one attached hydrogen (secondary N) is 1. The lowest BCUT2D eigenvalue weighted by atomic mass is 10.2. The zero-order valence-corrected chi connectivity index (χ0v) is 9.09. The van der Waals surface area contributed by atoms with E-state index in [1.165, 1.54) is 11.8 Å². The van der Waals surface area contributed by atoms with E-state index in [2.05, 4.69) is 5.32 Å². The number of carbonyl (C=O) groups is 1. The highest BCUT2D eigenvalue weighted by Gasteiger charge is 2.42. The molecule has 1 fully saturated rings. The predicted molar refractivity (Wildman–Crippen MR) is 59.9 cm³/mol. The van der Waals surface area contributed by atoms with Crippen LogP contribution in [0.25, 0.3) is 0 Å². The smallest absolute Gasteiger partial charge is 0.334 e. The molecule has 1 aliphatic rings. The lowest BCUT2D eigenvalue weighted by molar-refractivity contribution is -0.140. The Kier molecular flexibility index (Phi) is 2.98. The van der Waals surface area contributed by atoms with Crippen LogP contribution in [0.1, 0.15) is 12.8 Å². The molecule has 1 aliphatic heterocycles. The van der Waals surface area contributed by atoms with Gasteiger partial charge in [0.25, 0.3) is 0 Å². The molecule has 1 aromatic carbocycles. The van der Waals surface area contributed by atoms with E-state index in [9.17, 15) is 9.90 Å². The molecule has 1 heterocycles. The van der Waals surface area contributed by atoms with Gasteiger partial charge in [0.15, 0.2) is 4.87 Å². The van der Waals surface area contributed by atoms with Gasteiger partial charge >= 0.3 is 5.97 Å². The van der Waals surface area contributed by atoms with Gasteiger partial charge in [-0.15, -0.1) is 0 Å². The highest BCUT2D eigenvalue weighted by molar-refractivity contribution is 8.01. The van der Waals surface area contributed by atoms with Crippen molar-refractivity contribution in [1.82, 2.24) is 5.32 Å². The van der Waals surface area contributed by atoms with Crippen molar-refractivity contribution in [3.8, 4) is 0 Å². The first kappa shape index (κ1) is 10.5. The Bertz CT molecular complexity index is 347. The van der Waals surface area contributed by atoms with Crippen LogP contribution in [-0.4, -0.2) is 22.5 Å². The van der Waals surface area contributed by atoms with Crippen LogP contribution in [0, 0.1) is 0 Å². The number of aliphatic carboxylic acids is 1. The third-order valence-electron chi connectivity index (χ3n) is 2.50. The fraction of sp³-hybridized carbons (Fsp3) is 0.364. The first-order valence-electron chi connectivity index (χ1n) is 4.95. The van der Waals surface area contributed by atoms with Crippen LogP contribution in [0.4, 0.5) is 0 Å². The summed E-state index contributed by atoms with van der Waals surface area (Å²) in [6.07, 6.45) is 1.61. The minimum absolute atomic E-state index is 0.682. The molecule has 1 aromatic rings. The minimum Gasteiger partial charge on any atom is -0.479 e. The Balaban J connectivity index is 2.18. The van der Waals surface area contributed by atoms with Gasteiger partial charge in [0.2, 0.25) is 0 Å². The fourth-order valence-corrected chi connectivity index (χ4v) is 2.92. The van der Waals surface area contributed by atoms with Crippen molar-refractivity contribution in [2.45, 2.75) is 22.6 Å². The minimum atomic E-state index is -0.818. The third-order valence-corrected chi connectivity index (χ3v) is 3.88. The van der Waals surface area contributed by atoms with Crippen LogP contribution in [-0.2, 0) is 4.79 Å². The quantitative estimate of drug-likeness (QED) is 0.822. The van der Waals surface area contributed by atoms with Crippen molar-refractivity contribution >= 4 is 17.7 Å². The second-order valence-corrected chi connectivity index (χ2v) is 4.95. The van der Waals surface area contributed by atoms with Gasteiger partial charge in [-0.3, -0.25) is 5.32 Å². The van der Waals surface area contributed by atoms with Crippen molar-refractivity contribution < 1.29 is 9.90 Å². The van der Waals surface area contributed by atoms with Gasteiger partial charge in [-0.25, -0.2) is 4.79 Å². The average Bonchev–Trinajstić information content (AvgIpc) is 2.69. The van der Waals surface area contributed by atoms with E-state index in [-0.39, 0.29) is 0 Å². The molecule has 4 heteroatoms. The van der Waals surface area contributed by atoms with E-state index in [4.69, 9.17) is 0 Å². The Morgan fingerprint density at radius 1 is 1.40 bits per heavy atom. The molecule has 1 atom stereocenters. The van der Waals surface area contributed by atoms with Gasteiger partial charge in [-0.1, -0.05) is 30.0 Å².